The number of ether oxygens (including phenoxy) is 1. The summed E-state index contributed by atoms with van der Waals surface area (Å²) < 4.78 is 5.27. The van der Waals surface area contributed by atoms with E-state index in [2.05, 4.69) is 4.98 Å². The van der Waals surface area contributed by atoms with Crippen molar-refractivity contribution in [3.05, 3.63) is 42.1 Å². The lowest BCUT2D eigenvalue weighted by atomic mass is 9.97. The van der Waals surface area contributed by atoms with Gasteiger partial charge in [0.05, 0.1) is 5.52 Å². The first-order valence-corrected chi connectivity index (χ1v) is 6.05. The molecule has 3 heteroatoms. The molecule has 1 atom stereocenters. The number of hydrogen-bond donors (Lipinski definition) is 0. The third kappa shape index (κ3) is 2.41. The first-order valence-electron chi connectivity index (χ1n) is 6.05. The maximum Gasteiger partial charge on any atom is 0.191 e. The number of pyridine rings is 1. The van der Waals surface area contributed by atoms with Gasteiger partial charge in [-0.05, 0) is 18.1 Å². The smallest absolute Gasteiger partial charge is 0.191 e. The van der Waals surface area contributed by atoms with Gasteiger partial charge in [-0.2, -0.15) is 0 Å². The molecule has 0 aliphatic heterocycles. The number of carbonyl (C=O) groups excluding carboxylic acids is 1. The molecule has 0 spiro atoms. The summed E-state index contributed by atoms with van der Waals surface area (Å²) in [6, 6.07) is 9.44. The molecule has 2 rings (SSSR count). The monoisotopic (exact) mass is 243 g/mol. The van der Waals surface area contributed by atoms with Crippen LogP contribution < -0.4 is 0 Å². The number of methoxy groups -OCH3 is 1. The topological polar surface area (TPSA) is 39.2 Å². The van der Waals surface area contributed by atoms with E-state index < -0.39 is 6.10 Å². The zero-order valence-electron chi connectivity index (χ0n) is 10.9. The minimum atomic E-state index is -0.397. The zero-order valence-corrected chi connectivity index (χ0v) is 10.9. The number of carbonyl (C=O) groups is 1. The summed E-state index contributed by atoms with van der Waals surface area (Å²) >= 11 is 0. The summed E-state index contributed by atoms with van der Waals surface area (Å²) in [6.07, 6.45) is 1.33. The molecule has 94 valence electrons. The minimum Gasteiger partial charge on any atom is -0.373 e. The number of benzene rings is 1. The highest BCUT2D eigenvalue weighted by molar-refractivity contribution is 6.02. The van der Waals surface area contributed by atoms with Gasteiger partial charge in [0.2, 0.25) is 0 Å². The Morgan fingerprint density at radius 2 is 2.06 bits per heavy atom. The fourth-order valence-corrected chi connectivity index (χ4v) is 2.07. The zero-order chi connectivity index (χ0) is 13.1. The Morgan fingerprint density at radius 3 is 2.72 bits per heavy atom. The molecule has 1 aromatic heterocycles. The van der Waals surface area contributed by atoms with Gasteiger partial charge >= 0.3 is 0 Å². The number of ketones is 1. The fraction of sp³-hybridized carbons (Fsp3) is 0.333. The average molecular weight is 243 g/mol. The molecule has 2 aromatic rings. The van der Waals surface area contributed by atoms with Crippen LogP contribution in [0.25, 0.3) is 10.9 Å². The Morgan fingerprint density at radius 1 is 1.28 bits per heavy atom. The van der Waals surface area contributed by atoms with Gasteiger partial charge in [-0.1, -0.05) is 32.0 Å². The lowest BCUT2D eigenvalue weighted by molar-refractivity contribution is 0.0459. The molecule has 0 saturated heterocycles. The molecule has 3 nitrogen and oxygen atoms in total. The van der Waals surface area contributed by atoms with Gasteiger partial charge in [-0.3, -0.25) is 9.78 Å². The quantitative estimate of drug-likeness (QED) is 0.775. The van der Waals surface area contributed by atoms with Gasteiger partial charge < -0.3 is 4.74 Å². The van der Waals surface area contributed by atoms with Crippen molar-refractivity contribution in [1.82, 2.24) is 4.98 Å². The Labute approximate surface area is 107 Å². The van der Waals surface area contributed by atoms with E-state index in [1.165, 1.54) is 0 Å². The molecule has 0 saturated carbocycles. The largest absolute Gasteiger partial charge is 0.373 e. The molecule has 18 heavy (non-hydrogen) atoms. The Hall–Kier alpha value is -1.74. The van der Waals surface area contributed by atoms with Crippen LogP contribution in [0.4, 0.5) is 0 Å². The van der Waals surface area contributed by atoms with Crippen LogP contribution in [0.2, 0.25) is 0 Å². The van der Waals surface area contributed by atoms with Crippen molar-refractivity contribution in [3.8, 4) is 0 Å². The van der Waals surface area contributed by atoms with Crippen LogP contribution in [0.3, 0.4) is 0 Å². The summed E-state index contributed by atoms with van der Waals surface area (Å²) in [7, 11) is 1.57. The molecule has 1 aromatic carbocycles. The second kappa shape index (κ2) is 5.27. The molecular weight excluding hydrogens is 226 g/mol. The summed E-state index contributed by atoms with van der Waals surface area (Å²) in [5.74, 6) is 0.169. The lowest BCUT2D eigenvalue weighted by Crippen LogP contribution is -2.28. The van der Waals surface area contributed by atoms with E-state index in [0.29, 0.717) is 5.56 Å². The summed E-state index contributed by atoms with van der Waals surface area (Å²) in [5.41, 5.74) is 1.49. The van der Waals surface area contributed by atoms with Crippen LogP contribution in [0.15, 0.2) is 36.5 Å². The van der Waals surface area contributed by atoms with E-state index in [9.17, 15) is 4.79 Å². The van der Waals surface area contributed by atoms with Gasteiger partial charge in [0.15, 0.2) is 5.78 Å². The highest BCUT2D eigenvalue weighted by Gasteiger charge is 2.23. The predicted octanol–water partition coefficient (Wildman–Crippen LogP) is 3.09. The van der Waals surface area contributed by atoms with Crippen LogP contribution in [-0.4, -0.2) is 24.0 Å². The van der Waals surface area contributed by atoms with E-state index in [4.69, 9.17) is 4.74 Å². The summed E-state index contributed by atoms with van der Waals surface area (Å²) in [6.45, 7) is 3.96. The second-order valence-corrected chi connectivity index (χ2v) is 4.68. The van der Waals surface area contributed by atoms with Gasteiger partial charge in [0.1, 0.15) is 6.10 Å². The first-order chi connectivity index (χ1) is 8.63. The van der Waals surface area contributed by atoms with Crippen molar-refractivity contribution < 1.29 is 9.53 Å². The van der Waals surface area contributed by atoms with Gasteiger partial charge in [0.25, 0.3) is 0 Å². The van der Waals surface area contributed by atoms with Crippen LogP contribution in [0, 0.1) is 5.92 Å². The van der Waals surface area contributed by atoms with Crippen molar-refractivity contribution in [2.45, 2.75) is 20.0 Å². The average Bonchev–Trinajstić information content (AvgIpc) is 2.38. The molecule has 0 radical (unpaired) electrons. The molecule has 0 bridgehead atoms. The molecule has 0 amide bonds. The Balaban J connectivity index is 2.38. The number of hydrogen-bond acceptors (Lipinski definition) is 3. The highest BCUT2D eigenvalue weighted by atomic mass is 16.5. The molecule has 0 fully saturated rings. The van der Waals surface area contributed by atoms with Gasteiger partial charge in [-0.15, -0.1) is 0 Å². The second-order valence-electron chi connectivity index (χ2n) is 4.68. The molecule has 1 heterocycles. The van der Waals surface area contributed by atoms with Crippen LogP contribution in [-0.2, 0) is 4.74 Å². The normalized spacial score (nSPS) is 12.9. The van der Waals surface area contributed by atoms with Crippen molar-refractivity contribution in [2.75, 3.05) is 7.11 Å². The summed E-state index contributed by atoms with van der Waals surface area (Å²) in [4.78, 5) is 16.6. The number of aromatic nitrogens is 1. The first kappa shape index (κ1) is 12.7. The van der Waals surface area contributed by atoms with E-state index >= 15 is 0 Å². The Kier molecular flexibility index (Phi) is 3.72. The standard InChI is InChI=1S/C15H17NO2/c1-10(2)15(18-3)14(17)12-7-6-11-5-4-8-16-13(11)9-12/h4-10,15H,1-3H3. The third-order valence-corrected chi connectivity index (χ3v) is 3.01. The number of Topliss-reactive ketones (excluding diaryl/α,β-unsaturated/α-hetero) is 1. The van der Waals surface area contributed by atoms with Crippen LogP contribution in [0.5, 0.6) is 0 Å². The van der Waals surface area contributed by atoms with Crippen molar-refractivity contribution in [2.24, 2.45) is 5.92 Å². The molecular formula is C15H17NO2. The van der Waals surface area contributed by atoms with E-state index in [0.717, 1.165) is 10.9 Å². The molecule has 0 aliphatic carbocycles. The SMILES string of the molecule is COC(C(=O)c1ccc2cccnc2c1)C(C)C. The van der Waals surface area contributed by atoms with Crippen LogP contribution >= 0.6 is 0 Å². The van der Waals surface area contributed by atoms with Gasteiger partial charge in [-0.25, -0.2) is 0 Å². The fourth-order valence-electron chi connectivity index (χ4n) is 2.07. The van der Waals surface area contributed by atoms with Crippen molar-refractivity contribution >= 4 is 16.7 Å². The maximum absolute atomic E-state index is 12.3. The number of nitrogens with zero attached hydrogens (tertiary/aromatic N) is 1. The summed E-state index contributed by atoms with van der Waals surface area (Å²) in [5, 5.41) is 1.03. The molecule has 0 N–H and O–H groups in total. The van der Waals surface area contributed by atoms with E-state index in [1.807, 2.05) is 44.2 Å². The van der Waals surface area contributed by atoms with Crippen LogP contribution in [0.1, 0.15) is 24.2 Å². The van der Waals surface area contributed by atoms with Gasteiger partial charge in [0, 0.05) is 24.3 Å². The number of rotatable bonds is 4. The van der Waals surface area contributed by atoms with Crippen molar-refractivity contribution in [3.63, 3.8) is 0 Å². The minimum absolute atomic E-state index is 0.0139. The third-order valence-electron chi connectivity index (χ3n) is 3.01. The maximum atomic E-state index is 12.3. The molecule has 0 aliphatic rings. The van der Waals surface area contributed by atoms with Crippen molar-refractivity contribution in [1.29, 1.82) is 0 Å². The highest BCUT2D eigenvalue weighted by Crippen LogP contribution is 2.17. The lowest BCUT2D eigenvalue weighted by Gasteiger charge is -2.17. The molecule has 1 unspecified atom stereocenters. The van der Waals surface area contributed by atoms with E-state index in [1.54, 1.807) is 13.3 Å². The number of fused-ring (bicyclic) bond motifs is 1. The predicted molar refractivity (Wildman–Crippen MR) is 71.7 cm³/mol. The van der Waals surface area contributed by atoms with E-state index in [-0.39, 0.29) is 11.7 Å². The Bertz CT molecular complexity index is 563.